The van der Waals surface area contributed by atoms with E-state index in [0.717, 1.165) is 12.5 Å². The predicted octanol–water partition coefficient (Wildman–Crippen LogP) is 3.45. The van der Waals surface area contributed by atoms with Gasteiger partial charge in [0.05, 0.1) is 6.54 Å². The Morgan fingerprint density at radius 3 is 2.29 bits per heavy atom. The highest BCUT2D eigenvalue weighted by Crippen LogP contribution is 2.25. The third-order valence-corrected chi connectivity index (χ3v) is 5.19. The zero-order valence-corrected chi connectivity index (χ0v) is 17.3. The van der Waals surface area contributed by atoms with Crippen molar-refractivity contribution < 1.29 is 0 Å². The molecule has 1 heterocycles. The van der Waals surface area contributed by atoms with Gasteiger partial charge in [0.25, 0.3) is 0 Å². The first-order chi connectivity index (χ1) is 11.1. The Bertz CT molecular complexity index is 531. The second-order valence-electron chi connectivity index (χ2n) is 7.29. The van der Waals surface area contributed by atoms with E-state index in [1.54, 1.807) is 0 Å². The molecule has 2 fully saturated rings. The summed E-state index contributed by atoms with van der Waals surface area (Å²) in [6.45, 7) is 6.57. The fourth-order valence-corrected chi connectivity index (χ4v) is 3.16. The molecule has 0 radical (unpaired) electrons. The minimum Gasteiger partial charge on any atom is -0.370 e. The summed E-state index contributed by atoms with van der Waals surface area (Å²) in [4.78, 5) is 9.19. The Balaban J connectivity index is 0.00000208. The van der Waals surface area contributed by atoms with Gasteiger partial charge in [-0.1, -0.05) is 31.2 Å². The molecule has 1 aromatic carbocycles. The van der Waals surface area contributed by atoms with Crippen LogP contribution in [0.25, 0.3) is 0 Å². The maximum atomic E-state index is 6.04. The largest absolute Gasteiger partial charge is 0.370 e. The summed E-state index contributed by atoms with van der Waals surface area (Å²) in [6.07, 6.45) is 5.16. The molecular weight excluding hydrogens is 411 g/mol. The molecule has 4 nitrogen and oxygen atoms in total. The van der Waals surface area contributed by atoms with Gasteiger partial charge in [-0.05, 0) is 55.8 Å². The molecule has 3 rings (SSSR count). The molecule has 1 aliphatic heterocycles. The molecule has 0 atom stereocenters. The molecule has 24 heavy (non-hydrogen) atoms. The third-order valence-electron chi connectivity index (χ3n) is 5.19. The van der Waals surface area contributed by atoms with Crippen molar-refractivity contribution in [2.24, 2.45) is 16.6 Å². The molecule has 134 valence electrons. The monoisotopic (exact) mass is 442 g/mol. The summed E-state index contributed by atoms with van der Waals surface area (Å²) in [5.74, 6) is 1.56. The van der Waals surface area contributed by atoms with Crippen LogP contribution in [0.4, 0.5) is 0 Å². The van der Waals surface area contributed by atoms with Crippen LogP contribution in [-0.2, 0) is 13.1 Å². The zero-order valence-electron chi connectivity index (χ0n) is 14.9. The van der Waals surface area contributed by atoms with Gasteiger partial charge in [0.2, 0.25) is 0 Å². The Labute approximate surface area is 163 Å². The number of hydrogen-bond acceptors (Lipinski definition) is 2. The lowest BCUT2D eigenvalue weighted by Gasteiger charge is -2.30. The molecule has 0 spiro atoms. The van der Waals surface area contributed by atoms with Crippen molar-refractivity contribution in [3.8, 4) is 0 Å². The average molecular weight is 442 g/mol. The van der Waals surface area contributed by atoms with Crippen molar-refractivity contribution in [2.45, 2.75) is 51.7 Å². The van der Waals surface area contributed by atoms with Gasteiger partial charge in [0.1, 0.15) is 0 Å². The zero-order chi connectivity index (χ0) is 16.2. The number of halogens is 1. The normalized spacial score (nSPS) is 19.8. The number of hydrogen-bond donors (Lipinski definition) is 1. The van der Waals surface area contributed by atoms with Crippen LogP contribution in [0.3, 0.4) is 0 Å². The van der Waals surface area contributed by atoms with Crippen LogP contribution in [0, 0.1) is 5.92 Å². The van der Waals surface area contributed by atoms with Gasteiger partial charge >= 0.3 is 0 Å². The van der Waals surface area contributed by atoms with Gasteiger partial charge in [-0.2, -0.15) is 0 Å². The first-order valence-electron chi connectivity index (χ1n) is 8.95. The van der Waals surface area contributed by atoms with Crippen molar-refractivity contribution in [3.05, 3.63) is 35.4 Å². The third kappa shape index (κ3) is 5.62. The lowest BCUT2D eigenvalue weighted by atomic mass is 9.99. The number of piperidine rings is 1. The molecule has 0 amide bonds. The Morgan fingerprint density at radius 1 is 1.12 bits per heavy atom. The van der Waals surface area contributed by atoms with E-state index in [4.69, 9.17) is 5.73 Å². The van der Waals surface area contributed by atoms with Crippen molar-refractivity contribution in [1.29, 1.82) is 0 Å². The highest BCUT2D eigenvalue weighted by molar-refractivity contribution is 14.0. The van der Waals surface area contributed by atoms with E-state index < -0.39 is 0 Å². The number of aliphatic imine (C=N–C) groups is 1. The Hall–Kier alpha value is -0.820. The van der Waals surface area contributed by atoms with Crippen LogP contribution in [0.15, 0.2) is 29.3 Å². The van der Waals surface area contributed by atoms with Gasteiger partial charge < -0.3 is 10.6 Å². The Kier molecular flexibility index (Phi) is 7.34. The number of rotatable bonds is 5. The summed E-state index contributed by atoms with van der Waals surface area (Å²) < 4.78 is 0. The van der Waals surface area contributed by atoms with Crippen molar-refractivity contribution >= 4 is 29.9 Å². The number of likely N-dealkylation sites (tertiary alicyclic amines) is 1. The highest BCUT2D eigenvalue weighted by atomic mass is 127. The SMILES string of the molecule is CC1CCN(Cc2ccc(CN=C(N)N(C)C3CC3)cc2)CC1.I. The van der Waals surface area contributed by atoms with E-state index in [9.17, 15) is 0 Å². The van der Waals surface area contributed by atoms with E-state index in [0.29, 0.717) is 18.5 Å². The Morgan fingerprint density at radius 2 is 1.71 bits per heavy atom. The van der Waals surface area contributed by atoms with Crippen LogP contribution >= 0.6 is 24.0 Å². The second kappa shape index (κ2) is 9.04. The minimum absolute atomic E-state index is 0. The first-order valence-corrected chi connectivity index (χ1v) is 8.95. The van der Waals surface area contributed by atoms with E-state index in [-0.39, 0.29) is 24.0 Å². The molecule has 1 saturated heterocycles. The summed E-state index contributed by atoms with van der Waals surface area (Å²) in [7, 11) is 2.04. The maximum absolute atomic E-state index is 6.04. The van der Waals surface area contributed by atoms with Crippen LogP contribution in [0.5, 0.6) is 0 Å². The van der Waals surface area contributed by atoms with E-state index in [2.05, 4.69) is 46.0 Å². The molecule has 5 heteroatoms. The topological polar surface area (TPSA) is 44.9 Å². The van der Waals surface area contributed by atoms with Gasteiger partial charge in [0, 0.05) is 19.6 Å². The summed E-state index contributed by atoms with van der Waals surface area (Å²) in [6, 6.07) is 9.48. The molecule has 1 aliphatic carbocycles. The summed E-state index contributed by atoms with van der Waals surface area (Å²) in [5, 5.41) is 0. The molecule has 0 aromatic heterocycles. The second-order valence-corrected chi connectivity index (χ2v) is 7.29. The quantitative estimate of drug-likeness (QED) is 0.432. The van der Waals surface area contributed by atoms with Crippen molar-refractivity contribution in [3.63, 3.8) is 0 Å². The molecule has 1 aromatic rings. The van der Waals surface area contributed by atoms with Crippen LogP contribution in [0.1, 0.15) is 43.7 Å². The van der Waals surface area contributed by atoms with Crippen LogP contribution in [-0.4, -0.2) is 41.9 Å². The fraction of sp³-hybridized carbons (Fsp3) is 0.632. The summed E-state index contributed by atoms with van der Waals surface area (Å²) in [5.41, 5.74) is 8.67. The highest BCUT2D eigenvalue weighted by Gasteiger charge is 2.27. The number of nitrogens with zero attached hydrogens (tertiary/aromatic N) is 3. The molecule has 2 aliphatic rings. The maximum Gasteiger partial charge on any atom is 0.191 e. The lowest BCUT2D eigenvalue weighted by Crippen LogP contribution is -2.35. The van der Waals surface area contributed by atoms with E-state index in [1.165, 1.54) is 49.9 Å². The first kappa shape index (κ1) is 19.5. The van der Waals surface area contributed by atoms with Gasteiger partial charge in [-0.3, -0.25) is 4.90 Å². The number of guanidine groups is 1. The standard InChI is InChI=1S/C19H30N4.HI/c1-15-9-11-23(12-10-15)14-17-5-3-16(4-6-17)13-21-19(20)22(2)18-7-8-18;/h3-6,15,18H,7-14H2,1-2H3,(H2,20,21);1H. The van der Waals surface area contributed by atoms with Crippen molar-refractivity contribution in [2.75, 3.05) is 20.1 Å². The predicted molar refractivity (Wildman–Crippen MR) is 112 cm³/mol. The molecular formula is C19H31IN4. The van der Waals surface area contributed by atoms with Gasteiger partial charge in [-0.25, -0.2) is 4.99 Å². The van der Waals surface area contributed by atoms with Crippen molar-refractivity contribution in [1.82, 2.24) is 9.80 Å². The lowest BCUT2D eigenvalue weighted by molar-refractivity contribution is 0.185. The smallest absolute Gasteiger partial charge is 0.191 e. The van der Waals surface area contributed by atoms with Crippen LogP contribution in [0.2, 0.25) is 0 Å². The molecule has 1 saturated carbocycles. The molecule has 2 N–H and O–H groups in total. The van der Waals surface area contributed by atoms with E-state index >= 15 is 0 Å². The van der Waals surface area contributed by atoms with Gasteiger partial charge in [0.15, 0.2) is 5.96 Å². The minimum atomic E-state index is 0. The number of benzene rings is 1. The van der Waals surface area contributed by atoms with Crippen LogP contribution < -0.4 is 5.73 Å². The summed E-state index contributed by atoms with van der Waals surface area (Å²) >= 11 is 0. The average Bonchev–Trinajstić information content (AvgIpc) is 3.40. The molecule has 0 unspecified atom stereocenters. The van der Waals surface area contributed by atoms with E-state index in [1.807, 2.05) is 7.05 Å². The number of nitrogens with two attached hydrogens (primary N) is 1. The fourth-order valence-electron chi connectivity index (χ4n) is 3.16. The molecule has 0 bridgehead atoms. The van der Waals surface area contributed by atoms with Gasteiger partial charge in [-0.15, -0.1) is 24.0 Å².